The topological polar surface area (TPSA) is 25.2 Å². The molecule has 1 aliphatic carbocycles. The molecule has 0 saturated heterocycles. The van der Waals surface area contributed by atoms with Gasteiger partial charge in [0, 0.05) is 23.0 Å². The van der Waals surface area contributed by atoms with Crippen LogP contribution < -0.4 is 0 Å². The van der Waals surface area contributed by atoms with Gasteiger partial charge in [-0.15, -0.1) is 0 Å². The van der Waals surface area contributed by atoms with Crippen molar-refractivity contribution in [3.8, 4) is 0 Å². The lowest BCUT2D eigenvalue weighted by Gasteiger charge is -2.24. The first-order valence-corrected chi connectivity index (χ1v) is 8.03. The number of rotatable bonds is 6. The Morgan fingerprint density at radius 2 is 2.16 bits per heavy atom. The maximum atomic E-state index is 10.1. The number of hydrogen-bond acceptors (Lipinski definition) is 1. The lowest BCUT2D eigenvalue weighted by Crippen LogP contribution is -2.15. The molecule has 2 nitrogen and oxygen atoms in total. The van der Waals surface area contributed by atoms with Gasteiger partial charge in [-0.25, -0.2) is 0 Å². The highest BCUT2D eigenvalue weighted by molar-refractivity contribution is 5.32. The van der Waals surface area contributed by atoms with E-state index in [1.54, 1.807) is 0 Å². The van der Waals surface area contributed by atoms with E-state index in [0.29, 0.717) is 6.04 Å². The first-order valence-electron chi connectivity index (χ1n) is 8.03. The van der Waals surface area contributed by atoms with Crippen molar-refractivity contribution in [2.75, 3.05) is 0 Å². The minimum absolute atomic E-state index is 0.226. The standard InChI is InChI=1S/C17H29NO/c1-4-5-6-7-9-13(2)18-14(3)12-15-16(18)10-8-11-17(15)19/h12-13,17,19H,4-11H2,1-3H3. The van der Waals surface area contributed by atoms with Gasteiger partial charge in [-0.05, 0) is 45.6 Å². The SMILES string of the molecule is CCCCCCC(C)n1c(C)cc2c1CCCC2O. The molecule has 0 amide bonds. The molecule has 1 aliphatic rings. The van der Waals surface area contributed by atoms with Crippen molar-refractivity contribution in [2.24, 2.45) is 0 Å². The second-order valence-electron chi connectivity index (χ2n) is 6.16. The van der Waals surface area contributed by atoms with Gasteiger partial charge in [0.05, 0.1) is 6.10 Å². The number of aromatic nitrogens is 1. The van der Waals surface area contributed by atoms with Crippen molar-refractivity contribution in [1.29, 1.82) is 0 Å². The molecule has 108 valence electrons. The number of nitrogens with zero attached hydrogens (tertiary/aromatic N) is 1. The zero-order valence-electron chi connectivity index (χ0n) is 12.8. The number of aliphatic hydroxyl groups excluding tert-OH is 1. The van der Waals surface area contributed by atoms with E-state index in [1.807, 2.05) is 0 Å². The zero-order chi connectivity index (χ0) is 13.8. The average molecular weight is 263 g/mol. The van der Waals surface area contributed by atoms with Gasteiger partial charge < -0.3 is 9.67 Å². The molecule has 0 radical (unpaired) electrons. The number of aryl methyl sites for hydroxylation is 1. The summed E-state index contributed by atoms with van der Waals surface area (Å²) >= 11 is 0. The Balaban J connectivity index is 2.07. The summed E-state index contributed by atoms with van der Waals surface area (Å²) in [5.41, 5.74) is 3.93. The van der Waals surface area contributed by atoms with E-state index in [2.05, 4.69) is 31.4 Å². The first kappa shape index (κ1) is 14.6. The monoisotopic (exact) mass is 263 g/mol. The quantitative estimate of drug-likeness (QED) is 0.740. The Morgan fingerprint density at radius 3 is 2.89 bits per heavy atom. The van der Waals surface area contributed by atoms with Crippen LogP contribution >= 0.6 is 0 Å². The summed E-state index contributed by atoms with van der Waals surface area (Å²) in [6.45, 7) is 6.78. The average Bonchev–Trinajstić information content (AvgIpc) is 2.72. The predicted molar refractivity (Wildman–Crippen MR) is 80.5 cm³/mol. The van der Waals surface area contributed by atoms with Gasteiger partial charge in [0.1, 0.15) is 0 Å². The van der Waals surface area contributed by atoms with Crippen LogP contribution in [0.25, 0.3) is 0 Å². The van der Waals surface area contributed by atoms with Gasteiger partial charge in [0.25, 0.3) is 0 Å². The molecule has 2 heteroatoms. The van der Waals surface area contributed by atoms with Gasteiger partial charge in [0.2, 0.25) is 0 Å². The smallest absolute Gasteiger partial charge is 0.0807 e. The third-order valence-corrected chi connectivity index (χ3v) is 4.53. The number of fused-ring (bicyclic) bond motifs is 1. The van der Waals surface area contributed by atoms with Crippen molar-refractivity contribution >= 4 is 0 Å². The second-order valence-corrected chi connectivity index (χ2v) is 6.16. The molecular formula is C17H29NO. The minimum atomic E-state index is -0.226. The van der Waals surface area contributed by atoms with Crippen LogP contribution in [0.3, 0.4) is 0 Å². The Labute approximate surface area is 117 Å². The molecule has 0 fully saturated rings. The molecule has 1 heterocycles. The number of hydrogen-bond donors (Lipinski definition) is 1. The Bertz CT molecular complexity index is 408. The van der Waals surface area contributed by atoms with Crippen molar-refractivity contribution < 1.29 is 5.11 Å². The van der Waals surface area contributed by atoms with Crippen LogP contribution in [0.15, 0.2) is 6.07 Å². The third kappa shape index (κ3) is 3.22. The fraction of sp³-hybridized carbons (Fsp3) is 0.765. The highest BCUT2D eigenvalue weighted by Gasteiger charge is 2.24. The molecule has 0 bridgehead atoms. The molecule has 2 unspecified atom stereocenters. The van der Waals surface area contributed by atoms with E-state index in [4.69, 9.17) is 0 Å². The molecule has 0 aliphatic heterocycles. The maximum absolute atomic E-state index is 10.1. The second kappa shape index (κ2) is 6.60. The maximum Gasteiger partial charge on any atom is 0.0807 e. The summed E-state index contributed by atoms with van der Waals surface area (Å²) in [4.78, 5) is 0. The van der Waals surface area contributed by atoms with Gasteiger partial charge in [-0.3, -0.25) is 0 Å². The van der Waals surface area contributed by atoms with Gasteiger partial charge >= 0.3 is 0 Å². The summed E-state index contributed by atoms with van der Waals surface area (Å²) in [6.07, 6.45) is 9.57. The summed E-state index contributed by atoms with van der Waals surface area (Å²) in [5, 5.41) is 10.1. The van der Waals surface area contributed by atoms with Crippen LogP contribution in [0.5, 0.6) is 0 Å². The van der Waals surface area contributed by atoms with Crippen LogP contribution in [0, 0.1) is 6.92 Å². The fourth-order valence-corrected chi connectivity index (χ4v) is 3.51. The fourth-order valence-electron chi connectivity index (χ4n) is 3.51. The summed E-state index contributed by atoms with van der Waals surface area (Å²) in [5.74, 6) is 0. The zero-order valence-corrected chi connectivity index (χ0v) is 12.8. The van der Waals surface area contributed by atoms with E-state index in [1.165, 1.54) is 49.1 Å². The van der Waals surface area contributed by atoms with E-state index in [9.17, 15) is 5.11 Å². The van der Waals surface area contributed by atoms with Crippen LogP contribution in [0.2, 0.25) is 0 Å². The number of aliphatic hydroxyl groups is 1. The first-order chi connectivity index (χ1) is 9.15. The predicted octanol–water partition coefficient (Wildman–Crippen LogP) is 4.70. The molecule has 1 N–H and O–H groups in total. The molecule has 1 aromatic heterocycles. The molecule has 0 spiro atoms. The molecule has 0 aromatic carbocycles. The lowest BCUT2D eigenvalue weighted by molar-refractivity contribution is 0.155. The van der Waals surface area contributed by atoms with Crippen molar-refractivity contribution in [2.45, 2.75) is 84.3 Å². The van der Waals surface area contributed by atoms with Gasteiger partial charge in [-0.2, -0.15) is 0 Å². The van der Waals surface area contributed by atoms with Crippen LogP contribution in [-0.4, -0.2) is 9.67 Å². The van der Waals surface area contributed by atoms with E-state index < -0.39 is 0 Å². The number of unbranched alkanes of at least 4 members (excludes halogenated alkanes) is 3. The van der Waals surface area contributed by atoms with Gasteiger partial charge in [0.15, 0.2) is 0 Å². The van der Waals surface area contributed by atoms with Crippen LogP contribution in [0.1, 0.15) is 87.9 Å². The van der Waals surface area contributed by atoms with E-state index >= 15 is 0 Å². The Morgan fingerprint density at radius 1 is 1.37 bits per heavy atom. The molecular weight excluding hydrogens is 234 g/mol. The molecule has 19 heavy (non-hydrogen) atoms. The van der Waals surface area contributed by atoms with Crippen molar-refractivity contribution in [3.63, 3.8) is 0 Å². The van der Waals surface area contributed by atoms with Crippen molar-refractivity contribution in [3.05, 3.63) is 23.0 Å². The molecule has 2 rings (SSSR count). The molecule has 2 atom stereocenters. The summed E-state index contributed by atoms with van der Waals surface area (Å²) in [6, 6.07) is 2.78. The highest BCUT2D eigenvalue weighted by atomic mass is 16.3. The molecule has 1 aromatic rings. The van der Waals surface area contributed by atoms with Gasteiger partial charge in [-0.1, -0.05) is 32.6 Å². The van der Waals surface area contributed by atoms with E-state index in [0.717, 1.165) is 19.3 Å². The Hall–Kier alpha value is -0.760. The lowest BCUT2D eigenvalue weighted by atomic mass is 9.95. The highest BCUT2D eigenvalue weighted by Crippen LogP contribution is 2.34. The summed E-state index contributed by atoms with van der Waals surface area (Å²) < 4.78 is 2.49. The van der Waals surface area contributed by atoms with Crippen LogP contribution in [0.4, 0.5) is 0 Å². The summed E-state index contributed by atoms with van der Waals surface area (Å²) in [7, 11) is 0. The normalized spacial score (nSPS) is 20.3. The van der Waals surface area contributed by atoms with E-state index in [-0.39, 0.29) is 6.10 Å². The molecule has 0 saturated carbocycles. The third-order valence-electron chi connectivity index (χ3n) is 4.53. The minimum Gasteiger partial charge on any atom is -0.388 e. The Kier molecular flexibility index (Phi) is 5.09. The van der Waals surface area contributed by atoms with Crippen LogP contribution in [-0.2, 0) is 6.42 Å². The van der Waals surface area contributed by atoms with Crippen molar-refractivity contribution in [1.82, 2.24) is 4.57 Å². The largest absolute Gasteiger partial charge is 0.388 e.